The summed E-state index contributed by atoms with van der Waals surface area (Å²) in [6.45, 7) is 1.15. The SMILES string of the molecule is CC(=O)c1nn(C)c(=O)n(-c2ccccc2F)c1=O. The van der Waals surface area contributed by atoms with Crippen LogP contribution >= 0.6 is 0 Å². The number of halogens is 1. The zero-order valence-electron chi connectivity index (χ0n) is 10.3. The van der Waals surface area contributed by atoms with Crippen molar-refractivity contribution in [2.45, 2.75) is 6.92 Å². The van der Waals surface area contributed by atoms with Gasteiger partial charge in [-0.25, -0.2) is 18.4 Å². The predicted molar refractivity (Wildman–Crippen MR) is 65.0 cm³/mol. The summed E-state index contributed by atoms with van der Waals surface area (Å²) in [5.41, 5.74) is -2.37. The molecule has 0 unspecified atom stereocenters. The minimum absolute atomic E-state index is 0.210. The van der Waals surface area contributed by atoms with E-state index in [0.717, 1.165) is 17.7 Å². The van der Waals surface area contributed by atoms with Crippen LogP contribution in [0.2, 0.25) is 0 Å². The molecule has 2 aromatic rings. The Morgan fingerprint density at radius 3 is 2.47 bits per heavy atom. The molecule has 0 fully saturated rings. The highest BCUT2D eigenvalue weighted by atomic mass is 19.1. The molecule has 0 aliphatic heterocycles. The van der Waals surface area contributed by atoms with Gasteiger partial charge >= 0.3 is 5.69 Å². The summed E-state index contributed by atoms with van der Waals surface area (Å²) in [6, 6.07) is 5.32. The van der Waals surface area contributed by atoms with E-state index < -0.39 is 28.5 Å². The van der Waals surface area contributed by atoms with Gasteiger partial charge in [-0.3, -0.25) is 9.59 Å². The third kappa shape index (κ3) is 2.10. The molecule has 0 N–H and O–H groups in total. The molecule has 6 nitrogen and oxygen atoms in total. The van der Waals surface area contributed by atoms with Crippen LogP contribution in [0, 0.1) is 5.82 Å². The van der Waals surface area contributed by atoms with Crippen molar-refractivity contribution in [3.8, 4) is 5.69 Å². The molecule has 0 amide bonds. The predicted octanol–water partition coefficient (Wildman–Crippen LogP) is 0.273. The molecule has 19 heavy (non-hydrogen) atoms. The molecule has 0 radical (unpaired) electrons. The zero-order chi connectivity index (χ0) is 14.2. The van der Waals surface area contributed by atoms with E-state index in [2.05, 4.69) is 5.10 Å². The molecule has 7 heteroatoms. The molecule has 98 valence electrons. The highest BCUT2D eigenvalue weighted by molar-refractivity contribution is 5.91. The van der Waals surface area contributed by atoms with Crippen LogP contribution in [0.5, 0.6) is 0 Å². The van der Waals surface area contributed by atoms with E-state index in [1.807, 2.05) is 0 Å². The molecule has 0 saturated carbocycles. The number of rotatable bonds is 2. The molecule has 0 spiro atoms. The van der Waals surface area contributed by atoms with Gasteiger partial charge in [-0.2, -0.15) is 5.10 Å². The molecular weight excluding hydrogens is 253 g/mol. The van der Waals surface area contributed by atoms with Gasteiger partial charge in [0.05, 0.1) is 5.69 Å². The van der Waals surface area contributed by atoms with Crippen LogP contribution in [0.25, 0.3) is 5.69 Å². The summed E-state index contributed by atoms with van der Waals surface area (Å²) in [7, 11) is 1.28. The fourth-order valence-electron chi connectivity index (χ4n) is 1.64. The number of Topliss-reactive ketones (excluding diaryl/α,β-unsaturated/α-hetero) is 1. The number of aryl methyl sites for hydroxylation is 1. The summed E-state index contributed by atoms with van der Waals surface area (Å²) >= 11 is 0. The third-order valence-corrected chi connectivity index (χ3v) is 2.55. The first-order chi connectivity index (χ1) is 8.93. The Labute approximate surface area is 106 Å². The van der Waals surface area contributed by atoms with Gasteiger partial charge in [0, 0.05) is 14.0 Å². The summed E-state index contributed by atoms with van der Waals surface area (Å²) in [5.74, 6) is -1.33. The van der Waals surface area contributed by atoms with Crippen molar-refractivity contribution < 1.29 is 9.18 Å². The quantitative estimate of drug-likeness (QED) is 0.729. The van der Waals surface area contributed by atoms with Gasteiger partial charge < -0.3 is 0 Å². The fraction of sp³-hybridized carbons (Fsp3) is 0.167. The number of aromatic nitrogens is 3. The third-order valence-electron chi connectivity index (χ3n) is 2.55. The molecule has 0 aliphatic rings. The lowest BCUT2D eigenvalue weighted by Crippen LogP contribution is -2.42. The van der Waals surface area contributed by atoms with Crippen molar-refractivity contribution in [3.05, 3.63) is 56.6 Å². The van der Waals surface area contributed by atoms with Crippen LogP contribution in [0.15, 0.2) is 33.9 Å². The first-order valence-electron chi connectivity index (χ1n) is 5.39. The van der Waals surface area contributed by atoms with E-state index in [4.69, 9.17) is 0 Å². The van der Waals surface area contributed by atoms with Crippen molar-refractivity contribution in [1.82, 2.24) is 14.3 Å². The molecule has 1 aromatic carbocycles. The van der Waals surface area contributed by atoms with E-state index in [0.29, 0.717) is 4.57 Å². The van der Waals surface area contributed by atoms with Gasteiger partial charge in [-0.15, -0.1) is 0 Å². The summed E-state index contributed by atoms with van der Waals surface area (Å²) < 4.78 is 15.1. The van der Waals surface area contributed by atoms with Crippen LogP contribution in [0.3, 0.4) is 0 Å². The lowest BCUT2D eigenvalue weighted by molar-refractivity contribution is 0.100. The second-order valence-electron chi connectivity index (χ2n) is 3.90. The highest BCUT2D eigenvalue weighted by Crippen LogP contribution is 2.08. The van der Waals surface area contributed by atoms with Gasteiger partial charge in [0.2, 0.25) is 0 Å². The van der Waals surface area contributed by atoms with Crippen molar-refractivity contribution in [1.29, 1.82) is 0 Å². The lowest BCUT2D eigenvalue weighted by atomic mass is 10.3. The van der Waals surface area contributed by atoms with Gasteiger partial charge in [0.1, 0.15) is 5.82 Å². The maximum absolute atomic E-state index is 13.7. The second kappa shape index (κ2) is 4.60. The number of hydrogen-bond acceptors (Lipinski definition) is 4. The second-order valence-corrected chi connectivity index (χ2v) is 3.90. The van der Waals surface area contributed by atoms with Crippen molar-refractivity contribution in [2.75, 3.05) is 0 Å². The van der Waals surface area contributed by atoms with E-state index in [1.165, 1.54) is 25.2 Å². The van der Waals surface area contributed by atoms with Gasteiger partial charge in [-0.1, -0.05) is 12.1 Å². The van der Waals surface area contributed by atoms with E-state index >= 15 is 0 Å². The first-order valence-corrected chi connectivity index (χ1v) is 5.39. The number of ketones is 1. The average Bonchev–Trinajstić information content (AvgIpc) is 2.36. The average molecular weight is 263 g/mol. The van der Waals surface area contributed by atoms with Gasteiger partial charge in [0.25, 0.3) is 5.56 Å². The number of carbonyl (C=O) groups excluding carboxylic acids is 1. The van der Waals surface area contributed by atoms with E-state index in [-0.39, 0.29) is 5.69 Å². The molecule has 0 aliphatic carbocycles. The van der Waals surface area contributed by atoms with Crippen LogP contribution < -0.4 is 11.2 Å². The Bertz CT molecular complexity index is 777. The Morgan fingerprint density at radius 1 is 1.26 bits per heavy atom. The van der Waals surface area contributed by atoms with Crippen LogP contribution in [0.1, 0.15) is 17.4 Å². The number of para-hydroxylation sites is 1. The van der Waals surface area contributed by atoms with E-state index in [9.17, 15) is 18.8 Å². The fourth-order valence-corrected chi connectivity index (χ4v) is 1.64. The number of nitrogens with zero attached hydrogens (tertiary/aromatic N) is 3. The minimum Gasteiger partial charge on any atom is -0.292 e. The maximum Gasteiger partial charge on any atom is 0.351 e. The molecule has 1 heterocycles. The van der Waals surface area contributed by atoms with Crippen LogP contribution in [-0.2, 0) is 7.05 Å². The van der Waals surface area contributed by atoms with Crippen LogP contribution in [0.4, 0.5) is 4.39 Å². The number of benzene rings is 1. The number of carbonyl (C=O) groups is 1. The van der Waals surface area contributed by atoms with Gasteiger partial charge in [0.15, 0.2) is 11.5 Å². The molecule has 0 bridgehead atoms. The molecule has 0 atom stereocenters. The summed E-state index contributed by atoms with van der Waals surface area (Å²) in [4.78, 5) is 35.3. The van der Waals surface area contributed by atoms with Crippen molar-refractivity contribution in [3.63, 3.8) is 0 Å². The Hall–Kier alpha value is -2.57. The zero-order valence-corrected chi connectivity index (χ0v) is 10.3. The van der Waals surface area contributed by atoms with Crippen molar-refractivity contribution >= 4 is 5.78 Å². The summed E-state index contributed by atoms with van der Waals surface area (Å²) in [6.07, 6.45) is 0. The monoisotopic (exact) mass is 263 g/mol. The van der Waals surface area contributed by atoms with Crippen LogP contribution in [-0.4, -0.2) is 20.1 Å². The van der Waals surface area contributed by atoms with E-state index in [1.54, 1.807) is 0 Å². The standard InChI is InChI=1S/C12H10FN3O3/c1-7(17)10-11(18)16(12(19)15(2)14-10)9-6-4-3-5-8(9)13/h3-6H,1-2H3. The smallest absolute Gasteiger partial charge is 0.292 e. The molecule has 2 rings (SSSR count). The molecule has 0 saturated heterocycles. The Morgan fingerprint density at radius 2 is 1.89 bits per heavy atom. The first kappa shape index (κ1) is 12.9. The molecule has 1 aromatic heterocycles. The maximum atomic E-state index is 13.7. The normalized spacial score (nSPS) is 10.5. The largest absolute Gasteiger partial charge is 0.351 e. The Kier molecular flexibility index (Phi) is 3.12. The van der Waals surface area contributed by atoms with Crippen molar-refractivity contribution in [2.24, 2.45) is 7.05 Å². The number of hydrogen-bond donors (Lipinski definition) is 0. The molecular formula is C12H10FN3O3. The summed E-state index contributed by atoms with van der Waals surface area (Å²) in [5, 5.41) is 3.59. The topological polar surface area (TPSA) is 74.0 Å². The highest BCUT2D eigenvalue weighted by Gasteiger charge is 2.17. The lowest BCUT2D eigenvalue weighted by Gasteiger charge is -2.08. The Balaban J connectivity index is 2.92. The minimum atomic E-state index is -0.930. The van der Waals surface area contributed by atoms with Gasteiger partial charge in [-0.05, 0) is 12.1 Å².